The molecule has 164 valence electrons. The van der Waals surface area contributed by atoms with Gasteiger partial charge in [0.05, 0.1) is 0 Å². The Labute approximate surface area is 175 Å². The number of nitrogens with one attached hydrogen (secondary N) is 3. The van der Waals surface area contributed by atoms with Gasteiger partial charge in [0, 0.05) is 43.6 Å². The van der Waals surface area contributed by atoms with Crippen LogP contribution in [0, 0.1) is 29.6 Å². The van der Waals surface area contributed by atoms with E-state index in [2.05, 4.69) is 34.7 Å². The lowest BCUT2D eigenvalue weighted by Gasteiger charge is -2.50. The number of hydrogen-bond acceptors (Lipinski definition) is 4. The SMILES string of the molecule is CC1CC2C(CN1)CC(C1CC(NC(=O)C3CCNCC3)CCC1C)C(=O)N2C. The van der Waals surface area contributed by atoms with Gasteiger partial charge in [-0.2, -0.15) is 0 Å². The molecule has 3 saturated heterocycles. The van der Waals surface area contributed by atoms with E-state index < -0.39 is 0 Å². The summed E-state index contributed by atoms with van der Waals surface area (Å²) in [6, 6.07) is 1.12. The minimum atomic E-state index is 0.116. The van der Waals surface area contributed by atoms with E-state index in [0.29, 0.717) is 35.7 Å². The molecular weight excluding hydrogens is 364 g/mol. The van der Waals surface area contributed by atoms with Crippen molar-refractivity contribution in [2.45, 2.75) is 76.9 Å². The van der Waals surface area contributed by atoms with Gasteiger partial charge in [-0.15, -0.1) is 0 Å². The Balaban J connectivity index is 1.40. The molecule has 0 aromatic carbocycles. The fourth-order valence-electron chi connectivity index (χ4n) is 6.50. The predicted molar refractivity (Wildman–Crippen MR) is 114 cm³/mol. The van der Waals surface area contributed by atoms with Crippen LogP contribution in [0.25, 0.3) is 0 Å². The Kier molecular flexibility index (Phi) is 6.50. The third kappa shape index (κ3) is 4.48. The van der Waals surface area contributed by atoms with E-state index in [4.69, 9.17) is 0 Å². The largest absolute Gasteiger partial charge is 0.353 e. The van der Waals surface area contributed by atoms with Crippen molar-refractivity contribution >= 4 is 11.8 Å². The maximum Gasteiger partial charge on any atom is 0.225 e. The molecule has 0 aromatic rings. The summed E-state index contributed by atoms with van der Waals surface area (Å²) in [7, 11) is 2.02. The first-order valence-corrected chi connectivity index (χ1v) is 11.9. The molecule has 2 amide bonds. The van der Waals surface area contributed by atoms with Crippen molar-refractivity contribution in [3.05, 3.63) is 0 Å². The summed E-state index contributed by atoms with van der Waals surface area (Å²) in [6.07, 6.45) is 7.09. The highest BCUT2D eigenvalue weighted by Crippen LogP contribution is 2.43. The van der Waals surface area contributed by atoms with E-state index >= 15 is 0 Å². The molecule has 3 heterocycles. The number of piperidine rings is 3. The third-order valence-electron chi connectivity index (χ3n) is 8.42. The fourth-order valence-corrected chi connectivity index (χ4v) is 6.50. The van der Waals surface area contributed by atoms with Crippen molar-refractivity contribution in [2.75, 3.05) is 26.7 Å². The summed E-state index contributed by atoms with van der Waals surface area (Å²) in [6.45, 7) is 7.45. The predicted octanol–water partition coefficient (Wildman–Crippen LogP) is 1.75. The van der Waals surface area contributed by atoms with Crippen molar-refractivity contribution in [2.24, 2.45) is 29.6 Å². The number of amides is 2. The van der Waals surface area contributed by atoms with E-state index in [-0.39, 0.29) is 23.8 Å². The average Bonchev–Trinajstić information content (AvgIpc) is 2.73. The van der Waals surface area contributed by atoms with Gasteiger partial charge in [0.25, 0.3) is 0 Å². The second-order valence-electron chi connectivity index (χ2n) is 10.3. The fraction of sp³-hybridized carbons (Fsp3) is 0.913. The Hall–Kier alpha value is -1.14. The van der Waals surface area contributed by atoms with E-state index in [1.165, 1.54) is 0 Å². The van der Waals surface area contributed by atoms with Crippen LogP contribution in [0.1, 0.15) is 58.8 Å². The van der Waals surface area contributed by atoms with E-state index in [1.807, 2.05) is 7.05 Å². The molecule has 7 unspecified atom stereocenters. The third-order valence-corrected chi connectivity index (χ3v) is 8.42. The van der Waals surface area contributed by atoms with Crippen LogP contribution >= 0.6 is 0 Å². The molecule has 4 aliphatic rings. The summed E-state index contributed by atoms with van der Waals surface area (Å²) < 4.78 is 0. The number of fused-ring (bicyclic) bond motifs is 1. The molecule has 6 nitrogen and oxygen atoms in total. The molecule has 1 aliphatic carbocycles. The number of hydrogen-bond donors (Lipinski definition) is 3. The number of rotatable bonds is 3. The topological polar surface area (TPSA) is 73.5 Å². The van der Waals surface area contributed by atoms with Gasteiger partial charge in [-0.1, -0.05) is 6.92 Å². The van der Waals surface area contributed by atoms with Gasteiger partial charge in [-0.05, 0) is 82.7 Å². The molecule has 4 fully saturated rings. The normalized spacial score (nSPS) is 41.7. The zero-order valence-electron chi connectivity index (χ0n) is 18.5. The first kappa shape index (κ1) is 21.1. The van der Waals surface area contributed by atoms with Gasteiger partial charge in [-0.25, -0.2) is 0 Å². The lowest BCUT2D eigenvalue weighted by Crippen LogP contribution is -2.60. The molecule has 0 spiro atoms. The maximum atomic E-state index is 13.3. The van der Waals surface area contributed by atoms with Crippen LogP contribution in [0.3, 0.4) is 0 Å². The highest BCUT2D eigenvalue weighted by Gasteiger charge is 2.47. The van der Waals surface area contributed by atoms with Gasteiger partial charge in [0.2, 0.25) is 11.8 Å². The lowest BCUT2D eigenvalue weighted by atomic mass is 9.65. The first-order valence-electron chi connectivity index (χ1n) is 11.9. The van der Waals surface area contributed by atoms with Crippen LogP contribution in [-0.4, -0.2) is 61.5 Å². The molecule has 7 atom stereocenters. The van der Waals surface area contributed by atoms with Crippen LogP contribution in [0.4, 0.5) is 0 Å². The van der Waals surface area contributed by atoms with Gasteiger partial charge in [-0.3, -0.25) is 9.59 Å². The molecule has 29 heavy (non-hydrogen) atoms. The lowest BCUT2D eigenvalue weighted by molar-refractivity contribution is -0.148. The summed E-state index contributed by atoms with van der Waals surface area (Å²) in [5, 5.41) is 10.3. The van der Waals surface area contributed by atoms with E-state index in [9.17, 15) is 9.59 Å². The standard InChI is InChI=1S/C23H40N4O2/c1-14-4-5-18(26-22(28)16-6-8-24-9-7-16)12-19(14)20-11-17-13-25-15(2)10-21(17)27(3)23(20)29/h14-21,24-25H,4-13H2,1-3H3,(H,26,28). The van der Waals surface area contributed by atoms with E-state index in [0.717, 1.165) is 64.6 Å². The average molecular weight is 405 g/mol. The summed E-state index contributed by atoms with van der Waals surface area (Å²) in [4.78, 5) is 28.1. The second kappa shape index (κ2) is 8.93. The molecule has 4 rings (SSSR count). The second-order valence-corrected chi connectivity index (χ2v) is 10.3. The Bertz CT molecular complexity index is 606. The maximum absolute atomic E-state index is 13.3. The summed E-state index contributed by atoms with van der Waals surface area (Å²) >= 11 is 0. The van der Waals surface area contributed by atoms with Crippen molar-refractivity contribution in [3.8, 4) is 0 Å². The van der Waals surface area contributed by atoms with E-state index in [1.54, 1.807) is 0 Å². The molecule has 0 bridgehead atoms. The summed E-state index contributed by atoms with van der Waals surface area (Å²) in [5.41, 5.74) is 0. The number of likely N-dealkylation sites (tertiary alicyclic amines) is 1. The minimum absolute atomic E-state index is 0.116. The molecule has 0 radical (unpaired) electrons. The quantitative estimate of drug-likeness (QED) is 0.670. The van der Waals surface area contributed by atoms with Gasteiger partial charge in [0.15, 0.2) is 0 Å². The van der Waals surface area contributed by atoms with Crippen LogP contribution in [0.5, 0.6) is 0 Å². The van der Waals surface area contributed by atoms with Crippen LogP contribution in [-0.2, 0) is 9.59 Å². The van der Waals surface area contributed by atoms with Crippen molar-refractivity contribution in [1.82, 2.24) is 20.9 Å². The molecule has 3 N–H and O–H groups in total. The van der Waals surface area contributed by atoms with Crippen LogP contribution in [0.15, 0.2) is 0 Å². The van der Waals surface area contributed by atoms with Crippen LogP contribution < -0.4 is 16.0 Å². The van der Waals surface area contributed by atoms with Crippen molar-refractivity contribution in [3.63, 3.8) is 0 Å². The molecule has 0 aromatic heterocycles. The number of carbonyl (C=O) groups excluding carboxylic acids is 2. The highest BCUT2D eigenvalue weighted by atomic mass is 16.2. The molecule has 6 heteroatoms. The zero-order valence-corrected chi connectivity index (χ0v) is 18.5. The van der Waals surface area contributed by atoms with Gasteiger partial charge >= 0.3 is 0 Å². The smallest absolute Gasteiger partial charge is 0.225 e. The number of carbonyl (C=O) groups is 2. The monoisotopic (exact) mass is 404 g/mol. The van der Waals surface area contributed by atoms with Crippen LogP contribution in [0.2, 0.25) is 0 Å². The zero-order chi connectivity index (χ0) is 20.5. The molecule has 1 saturated carbocycles. The van der Waals surface area contributed by atoms with Gasteiger partial charge in [0.1, 0.15) is 0 Å². The first-order chi connectivity index (χ1) is 13.9. The molecule has 3 aliphatic heterocycles. The Morgan fingerprint density at radius 2 is 1.83 bits per heavy atom. The Morgan fingerprint density at radius 3 is 2.59 bits per heavy atom. The summed E-state index contributed by atoms with van der Waals surface area (Å²) in [5.74, 6) is 2.37. The van der Waals surface area contributed by atoms with Crippen molar-refractivity contribution in [1.29, 1.82) is 0 Å². The van der Waals surface area contributed by atoms with Crippen molar-refractivity contribution < 1.29 is 9.59 Å². The minimum Gasteiger partial charge on any atom is -0.353 e. The molecular formula is C23H40N4O2. The number of nitrogens with zero attached hydrogens (tertiary/aromatic N) is 1. The Morgan fingerprint density at radius 1 is 1.07 bits per heavy atom. The highest BCUT2D eigenvalue weighted by molar-refractivity contribution is 5.80. The van der Waals surface area contributed by atoms with Gasteiger partial charge < -0.3 is 20.9 Å².